The number of nitrogens with zero attached hydrogens (tertiary/aromatic N) is 2. The Morgan fingerprint density at radius 3 is 2.29 bits per heavy atom. The highest BCUT2D eigenvalue weighted by Crippen LogP contribution is 2.38. The van der Waals surface area contributed by atoms with E-state index in [-0.39, 0.29) is 28.3 Å². The maximum absolute atomic E-state index is 12.6. The molecule has 0 radical (unpaired) electrons. The van der Waals surface area contributed by atoms with Crippen LogP contribution in [0.1, 0.15) is 40.5 Å². The van der Waals surface area contributed by atoms with E-state index in [0.717, 1.165) is 19.4 Å². The molecule has 0 spiro atoms. The minimum atomic E-state index is -0.831. The number of hydrogen-bond acceptors (Lipinski definition) is 9. The average molecular weight is 472 g/mol. The van der Waals surface area contributed by atoms with E-state index in [0.29, 0.717) is 23.9 Å². The lowest BCUT2D eigenvalue weighted by atomic mass is 9.99. The van der Waals surface area contributed by atoms with Crippen molar-refractivity contribution in [3.05, 3.63) is 51.6 Å². The monoisotopic (exact) mass is 472 g/mol. The van der Waals surface area contributed by atoms with Crippen molar-refractivity contribution in [2.24, 2.45) is 5.92 Å². The molecule has 3 rings (SSSR count). The quantitative estimate of drug-likeness (QED) is 0.232. The molecule has 0 N–H and O–H groups in total. The van der Waals surface area contributed by atoms with Crippen molar-refractivity contribution in [1.29, 1.82) is 0 Å². The molecule has 0 aromatic heterocycles. The van der Waals surface area contributed by atoms with E-state index in [1.165, 1.54) is 45.6 Å². The highest BCUT2D eigenvalue weighted by Gasteiger charge is 2.26. The fourth-order valence-electron chi connectivity index (χ4n) is 4.01. The van der Waals surface area contributed by atoms with Crippen molar-refractivity contribution in [3.63, 3.8) is 0 Å². The highest BCUT2D eigenvalue weighted by molar-refractivity contribution is 6.00. The zero-order valence-corrected chi connectivity index (χ0v) is 19.7. The molecule has 34 heavy (non-hydrogen) atoms. The molecule has 2 aromatic rings. The molecule has 182 valence electrons. The summed E-state index contributed by atoms with van der Waals surface area (Å²) in [5, 5.41) is 11.7. The number of carbonyl (C=O) groups excluding carboxylic acids is 2. The summed E-state index contributed by atoms with van der Waals surface area (Å²) in [6, 6.07) is 7.15. The molecule has 1 heterocycles. The number of nitro groups is 1. The third kappa shape index (κ3) is 5.38. The van der Waals surface area contributed by atoms with Crippen LogP contribution < -0.4 is 19.1 Å². The largest absolute Gasteiger partial charge is 0.493 e. The molecule has 0 saturated carbocycles. The van der Waals surface area contributed by atoms with Crippen LogP contribution in [0, 0.1) is 16.0 Å². The Labute approximate surface area is 197 Å². The van der Waals surface area contributed by atoms with E-state index >= 15 is 0 Å². The van der Waals surface area contributed by atoms with Gasteiger partial charge in [-0.15, -0.1) is 0 Å². The van der Waals surface area contributed by atoms with Crippen LogP contribution in [0.5, 0.6) is 17.2 Å². The second kappa shape index (κ2) is 10.9. The number of hydrogen-bond donors (Lipinski definition) is 0. The first-order chi connectivity index (χ1) is 16.3. The Morgan fingerprint density at radius 1 is 1.06 bits per heavy atom. The number of nitro benzene ring substituents is 1. The summed E-state index contributed by atoms with van der Waals surface area (Å²) in [5.74, 6) is 0.00118. The molecule has 1 atom stereocenters. The number of Topliss-reactive ketones (excluding diaryl/α,β-unsaturated/α-hetero) is 1. The maximum Gasteiger partial charge on any atom is 0.338 e. The van der Waals surface area contributed by atoms with Gasteiger partial charge in [-0.25, -0.2) is 4.79 Å². The third-order valence-corrected chi connectivity index (χ3v) is 5.73. The van der Waals surface area contributed by atoms with Crippen LogP contribution in [0.4, 0.5) is 11.4 Å². The number of benzene rings is 2. The Bertz CT molecular complexity index is 1060. The van der Waals surface area contributed by atoms with Gasteiger partial charge in [0.05, 0.1) is 31.8 Å². The van der Waals surface area contributed by atoms with Crippen LogP contribution in [-0.2, 0) is 4.74 Å². The van der Waals surface area contributed by atoms with Gasteiger partial charge in [-0.05, 0) is 43.0 Å². The summed E-state index contributed by atoms with van der Waals surface area (Å²) in [7, 11) is 4.29. The van der Waals surface area contributed by atoms with Crippen LogP contribution in [0.2, 0.25) is 0 Å². The molecule has 0 bridgehead atoms. The minimum Gasteiger partial charge on any atom is -0.493 e. The van der Waals surface area contributed by atoms with E-state index < -0.39 is 23.3 Å². The van der Waals surface area contributed by atoms with E-state index in [1.54, 1.807) is 6.07 Å². The number of piperidine rings is 1. The standard InChI is InChI=1S/C24H28N2O8/c1-15-6-5-9-25(13-15)18-8-7-16(10-19(18)26(29)30)24(28)34-14-20(27)17-11-21(31-2)23(33-4)22(12-17)32-3/h7-8,10-12,15H,5-6,9,13-14H2,1-4H3. The van der Waals surface area contributed by atoms with Crippen molar-refractivity contribution in [3.8, 4) is 17.2 Å². The zero-order chi connectivity index (χ0) is 24.8. The molecule has 1 fully saturated rings. The Morgan fingerprint density at radius 2 is 1.74 bits per heavy atom. The minimum absolute atomic E-state index is 0.00167. The fraction of sp³-hybridized carbons (Fsp3) is 0.417. The first-order valence-electron chi connectivity index (χ1n) is 10.8. The number of ether oxygens (including phenoxy) is 4. The lowest BCUT2D eigenvalue weighted by Crippen LogP contribution is -2.34. The number of methoxy groups -OCH3 is 3. The third-order valence-electron chi connectivity index (χ3n) is 5.73. The second-order valence-electron chi connectivity index (χ2n) is 8.07. The predicted molar refractivity (Wildman–Crippen MR) is 124 cm³/mol. The molecule has 0 amide bonds. The smallest absolute Gasteiger partial charge is 0.338 e. The summed E-state index contributed by atoms with van der Waals surface area (Å²) in [6.07, 6.45) is 2.03. The number of ketones is 1. The fourth-order valence-corrected chi connectivity index (χ4v) is 4.01. The van der Waals surface area contributed by atoms with Crippen LogP contribution in [0.25, 0.3) is 0 Å². The van der Waals surface area contributed by atoms with Crippen LogP contribution in [0.15, 0.2) is 30.3 Å². The number of anilines is 1. The van der Waals surface area contributed by atoms with Gasteiger partial charge < -0.3 is 23.8 Å². The van der Waals surface area contributed by atoms with Gasteiger partial charge in [0.2, 0.25) is 11.5 Å². The van der Waals surface area contributed by atoms with Crippen molar-refractivity contribution in [2.75, 3.05) is 45.9 Å². The summed E-state index contributed by atoms with van der Waals surface area (Å²) >= 11 is 0. The van der Waals surface area contributed by atoms with Crippen molar-refractivity contribution >= 4 is 23.1 Å². The molecule has 2 aromatic carbocycles. The Balaban J connectivity index is 1.75. The maximum atomic E-state index is 12.6. The molecule has 1 unspecified atom stereocenters. The van der Waals surface area contributed by atoms with Gasteiger partial charge in [0.25, 0.3) is 5.69 Å². The molecule has 1 aliphatic heterocycles. The Hall–Kier alpha value is -3.82. The number of carbonyl (C=O) groups is 2. The van der Waals surface area contributed by atoms with E-state index in [9.17, 15) is 19.7 Å². The van der Waals surface area contributed by atoms with Crippen LogP contribution >= 0.6 is 0 Å². The van der Waals surface area contributed by atoms with Gasteiger partial charge >= 0.3 is 5.97 Å². The number of rotatable bonds is 9. The Kier molecular flexibility index (Phi) is 7.93. The van der Waals surface area contributed by atoms with E-state index in [4.69, 9.17) is 18.9 Å². The van der Waals surface area contributed by atoms with E-state index in [2.05, 4.69) is 6.92 Å². The predicted octanol–water partition coefficient (Wildman–Crippen LogP) is 3.90. The second-order valence-corrected chi connectivity index (χ2v) is 8.07. The van der Waals surface area contributed by atoms with Crippen molar-refractivity contribution in [2.45, 2.75) is 19.8 Å². The summed E-state index contributed by atoms with van der Waals surface area (Å²) < 4.78 is 20.9. The van der Waals surface area contributed by atoms with Crippen molar-refractivity contribution in [1.82, 2.24) is 0 Å². The normalized spacial score (nSPS) is 15.4. The molecule has 1 aliphatic rings. The summed E-state index contributed by atoms with van der Waals surface area (Å²) in [5.41, 5.74) is 0.502. The van der Waals surface area contributed by atoms with Gasteiger partial charge in [-0.1, -0.05) is 6.92 Å². The lowest BCUT2D eigenvalue weighted by Gasteiger charge is -2.32. The number of esters is 1. The van der Waals surface area contributed by atoms with Crippen molar-refractivity contribution < 1.29 is 33.5 Å². The SMILES string of the molecule is COc1cc(C(=O)COC(=O)c2ccc(N3CCCC(C)C3)c([N+](=O)[O-])c2)cc(OC)c1OC. The van der Waals surface area contributed by atoms with Gasteiger partial charge in [0.15, 0.2) is 18.1 Å². The molecule has 10 heteroatoms. The zero-order valence-electron chi connectivity index (χ0n) is 19.7. The molecule has 0 aliphatic carbocycles. The summed E-state index contributed by atoms with van der Waals surface area (Å²) in [6.45, 7) is 2.98. The van der Waals surface area contributed by atoms with E-state index in [1.807, 2.05) is 4.90 Å². The summed E-state index contributed by atoms with van der Waals surface area (Å²) in [4.78, 5) is 38.3. The average Bonchev–Trinajstić information content (AvgIpc) is 2.85. The lowest BCUT2D eigenvalue weighted by molar-refractivity contribution is -0.384. The van der Waals surface area contributed by atoms with Gasteiger partial charge in [-0.3, -0.25) is 14.9 Å². The molecular formula is C24H28N2O8. The highest BCUT2D eigenvalue weighted by atomic mass is 16.6. The van der Waals surface area contributed by atoms with Gasteiger partial charge in [0.1, 0.15) is 5.69 Å². The topological polar surface area (TPSA) is 117 Å². The first kappa shape index (κ1) is 24.8. The first-order valence-corrected chi connectivity index (χ1v) is 10.8. The van der Waals surface area contributed by atoms with Gasteiger partial charge in [0, 0.05) is 24.7 Å². The molecule has 1 saturated heterocycles. The van der Waals surface area contributed by atoms with Crippen LogP contribution in [0.3, 0.4) is 0 Å². The van der Waals surface area contributed by atoms with Crippen LogP contribution in [-0.4, -0.2) is 57.7 Å². The van der Waals surface area contributed by atoms with Gasteiger partial charge in [-0.2, -0.15) is 0 Å². The molecule has 10 nitrogen and oxygen atoms in total. The molecular weight excluding hydrogens is 444 g/mol.